The van der Waals surface area contributed by atoms with Crippen LogP contribution in [0.15, 0.2) is 12.2 Å². The molecule has 0 spiro atoms. The van der Waals surface area contributed by atoms with Crippen LogP contribution >= 0.6 is 0 Å². The summed E-state index contributed by atoms with van der Waals surface area (Å²) in [5.41, 5.74) is 0. The van der Waals surface area contributed by atoms with Crippen LogP contribution in [0, 0.1) is 0 Å². The first-order valence-corrected chi connectivity index (χ1v) is 3.83. The van der Waals surface area contributed by atoms with Crippen molar-refractivity contribution in [3.63, 3.8) is 0 Å². The normalized spacial score (nSPS) is 38.2. The van der Waals surface area contributed by atoms with Gasteiger partial charge in [0.05, 0.1) is 12.2 Å². The van der Waals surface area contributed by atoms with Gasteiger partial charge in [0.15, 0.2) is 0 Å². The Morgan fingerprint density at radius 2 is 1.30 bits per heavy atom. The van der Waals surface area contributed by atoms with Gasteiger partial charge in [-0.3, -0.25) is 0 Å². The molecule has 0 aliphatic heterocycles. The topological polar surface area (TPSA) is 40.5 Å². The second-order valence-electron chi connectivity index (χ2n) is 2.80. The zero-order chi connectivity index (χ0) is 7.40. The predicted octanol–water partition coefficient (Wildman–Crippen LogP) is 0.838. The van der Waals surface area contributed by atoms with Crippen LogP contribution in [0.2, 0.25) is 0 Å². The van der Waals surface area contributed by atoms with Crippen molar-refractivity contribution < 1.29 is 10.2 Å². The molecule has 0 saturated heterocycles. The SMILES string of the molecule is OC1/C=C/C(O)CCCC1. The van der Waals surface area contributed by atoms with E-state index in [1.165, 1.54) is 0 Å². The molecule has 0 aromatic heterocycles. The average molecular weight is 142 g/mol. The fraction of sp³-hybridized carbons (Fsp3) is 0.750. The fourth-order valence-corrected chi connectivity index (χ4v) is 1.16. The Morgan fingerprint density at radius 1 is 0.900 bits per heavy atom. The Balaban J connectivity index is 2.42. The molecule has 0 heterocycles. The molecule has 0 aromatic rings. The zero-order valence-electron chi connectivity index (χ0n) is 6.03. The summed E-state index contributed by atoms with van der Waals surface area (Å²) in [5, 5.41) is 18.3. The highest BCUT2D eigenvalue weighted by atomic mass is 16.3. The monoisotopic (exact) mass is 142 g/mol. The van der Waals surface area contributed by atoms with Gasteiger partial charge >= 0.3 is 0 Å². The Bertz CT molecular complexity index is 106. The highest BCUT2D eigenvalue weighted by Gasteiger charge is 2.06. The summed E-state index contributed by atoms with van der Waals surface area (Å²) in [6.45, 7) is 0. The van der Waals surface area contributed by atoms with Crippen LogP contribution in [-0.2, 0) is 0 Å². The third-order valence-corrected chi connectivity index (χ3v) is 1.81. The van der Waals surface area contributed by atoms with Crippen molar-refractivity contribution in [2.24, 2.45) is 0 Å². The molecular weight excluding hydrogens is 128 g/mol. The first-order valence-electron chi connectivity index (χ1n) is 3.83. The average Bonchev–Trinajstić information content (AvgIpc) is 1.90. The van der Waals surface area contributed by atoms with Gasteiger partial charge in [-0.1, -0.05) is 25.0 Å². The molecule has 1 rings (SSSR count). The van der Waals surface area contributed by atoms with E-state index in [2.05, 4.69) is 0 Å². The molecule has 58 valence electrons. The van der Waals surface area contributed by atoms with Gasteiger partial charge in [-0.2, -0.15) is 0 Å². The Morgan fingerprint density at radius 3 is 1.70 bits per heavy atom. The van der Waals surface area contributed by atoms with E-state index in [0.29, 0.717) is 0 Å². The minimum atomic E-state index is -0.338. The second-order valence-corrected chi connectivity index (χ2v) is 2.80. The van der Waals surface area contributed by atoms with E-state index in [1.807, 2.05) is 0 Å². The minimum Gasteiger partial charge on any atom is -0.389 e. The van der Waals surface area contributed by atoms with Crippen molar-refractivity contribution in [1.29, 1.82) is 0 Å². The van der Waals surface area contributed by atoms with Crippen LogP contribution in [0.3, 0.4) is 0 Å². The van der Waals surface area contributed by atoms with E-state index in [1.54, 1.807) is 12.2 Å². The van der Waals surface area contributed by atoms with Gasteiger partial charge in [-0.05, 0) is 12.8 Å². The summed E-state index contributed by atoms with van der Waals surface area (Å²) in [6, 6.07) is 0. The van der Waals surface area contributed by atoms with Crippen molar-refractivity contribution in [2.75, 3.05) is 0 Å². The Kier molecular flexibility index (Phi) is 2.90. The molecule has 1 aliphatic carbocycles. The van der Waals surface area contributed by atoms with Crippen LogP contribution in [-0.4, -0.2) is 22.4 Å². The maximum atomic E-state index is 9.13. The maximum absolute atomic E-state index is 9.13. The lowest BCUT2D eigenvalue weighted by Crippen LogP contribution is -2.10. The fourth-order valence-electron chi connectivity index (χ4n) is 1.16. The Hall–Kier alpha value is -0.340. The van der Waals surface area contributed by atoms with E-state index < -0.39 is 0 Å². The minimum absolute atomic E-state index is 0.338. The summed E-state index contributed by atoms with van der Waals surface area (Å²) in [4.78, 5) is 0. The molecule has 0 bridgehead atoms. The smallest absolute Gasteiger partial charge is 0.0721 e. The van der Waals surface area contributed by atoms with Crippen LogP contribution in [0.5, 0.6) is 0 Å². The number of hydrogen-bond donors (Lipinski definition) is 2. The first-order chi connectivity index (χ1) is 4.79. The molecule has 2 heteroatoms. The highest BCUT2D eigenvalue weighted by Crippen LogP contribution is 2.11. The second kappa shape index (κ2) is 3.74. The Labute approximate surface area is 61.2 Å². The molecule has 0 radical (unpaired) electrons. The van der Waals surface area contributed by atoms with Crippen molar-refractivity contribution in [1.82, 2.24) is 0 Å². The molecular formula is C8H14O2. The molecule has 2 nitrogen and oxygen atoms in total. The molecule has 0 aromatic carbocycles. The molecule has 2 unspecified atom stereocenters. The van der Waals surface area contributed by atoms with Gasteiger partial charge < -0.3 is 10.2 Å². The van der Waals surface area contributed by atoms with E-state index in [-0.39, 0.29) is 12.2 Å². The van der Waals surface area contributed by atoms with E-state index >= 15 is 0 Å². The van der Waals surface area contributed by atoms with Crippen molar-refractivity contribution in [2.45, 2.75) is 37.9 Å². The predicted molar refractivity (Wildman–Crippen MR) is 39.6 cm³/mol. The van der Waals surface area contributed by atoms with Crippen molar-refractivity contribution >= 4 is 0 Å². The molecule has 0 fully saturated rings. The molecule has 0 saturated carbocycles. The molecule has 2 N–H and O–H groups in total. The summed E-state index contributed by atoms with van der Waals surface area (Å²) < 4.78 is 0. The third-order valence-electron chi connectivity index (χ3n) is 1.81. The van der Waals surface area contributed by atoms with Gasteiger partial charge in [0.2, 0.25) is 0 Å². The standard InChI is InChI=1S/C8H14O2/c9-7-3-1-2-4-8(10)6-5-7/h5-10H,1-4H2/b6-5+. The lowest BCUT2D eigenvalue weighted by molar-refractivity contribution is 0.175. The van der Waals surface area contributed by atoms with Gasteiger partial charge in [-0.25, -0.2) is 0 Å². The maximum Gasteiger partial charge on any atom is 0.0721 e. The van der Waals surface area contributed by atoms with Crippen LogP contribution in [0.25, 0.3) is 0 Å². The quantitative estimate of drug-likeness (QED) is 0.492. The van der Waals surface area contributed by atoms with E-state index in [9.17, 15) is 0 Å². The summed E-state index contributed by atoms with van der Waals surface area (Å²) in [5.74, 6) is 0. The lowest BCUT2D eigenvalue weighted by atomic mass is 10.0. The van der Waals surface area contributed by atoms with Crippen LogP contribution < -0.4 is 0 Å². The molecule has 1 aliphatic rings. The van der Waals surface area contributed by atoms with E-state index in [0.717, 1.165) is 25.7 Å². The zero-order valence-corrected chi connectivity index (χ0v) is 6.03. The van der Waals surface area contributed by atoms with Gasteiger partial charge in [-0.15, -0.1) is 0 Å². The first kappa shape index (κ1) is 7.76. The lowest BCUT2D eigenvalue weighted by Gasteiger charge is -2.11. The number of aliphatic hydroxyl groups excluding tert-OH is 2. The van der Waals surface area contributed by atoms with Crippen LogP contribution in [0.1, 0.15) is 25.7 Å². The molecule has 2 atom stereocenters. The molecule has 10 heavy (non-hydrogen) atoms. The summed E-state index contributed by atoms with van der Waals surface area (Å²) in [7, 11) is 0. The van der Waals surface area contributed by atoms with Gasteiger partial charge in [0, 0.05) is 0 Å². The largest absolute Gasteiger partial charge is 0.389 e. The number of rotatable bonds is 0. The van der Waals surface area contributed by atoms with Crippen molar-refractivity contribution in [3.8, 4) is 0 Å². The van der Waals surface area contributed by atoms with Gasteiger partial charge in [0.25, 0.3) is 0 Å². The summed E-state index contributed by atoms with van der Waals surface area (Å²) in [6.07, 6.45) is 6.40. The third kappa shape index (κ3) is 2.50. The summed E-state index contributed by atoms with van der Waals surface area (Å²) >= 11 is 0. The molecule has 0 amide bonds. The number of hydrogen-bond acceptors (Lipinski definition) is 2. The van der Waals surface area contributed by atoms with E-state index in [4.69, 9.17) is 10.2 Å². The number of aliphatic hydroxyl groups is 2. The highest BCUT2D eigenvalue weighted by molar-refractivity contribution is 4.94. The van der Waals surface area contributed by atoms with Crippen molar-refractivity contribution in [3.05, 3.63) is 12.2 Å². The van der Waals surface area contributed by atoms with Gasteiger partial charge in [0.1, 0.15) is 0 Å². The van der Waals surface area contributed by atoms with Crippen LogP contribution in [0.4, 0.5) is 0 Å².